The number of benzene rings is 2. The summed E-state index contributed by atoms with van der Waals surface area (Å²) in [6.07, 6.45) is 0. The molecule has 0 radical (unpaired) electrons. The van der Waals surface area contributed by atoms with E-state index in [9.17, 15) is 24.8 Å². The van der Waals surface area contributed by atoms with Crippen molar-refractivity contribution < 1.29 is 23.5 Å². The minimum atomic E-state index is -2.87. The number of nitro benzene ring substituents is 2. The van der Waals surface area contributed by atoms with Gasteiger partial charge in [0.2, 0.25) is 0 Å². The van der Waals surface area contributed by atoms with E-state index in [0.717, 1.165) is 0 Å². The number of rotatable bonds is 6. The second-order valence-electron chi connectivity index (χ2n) is 3.86. The van der Waals surface area contributed by atoms with Crippen LogP contribution >= 0.6 is 8.25 Å². The van der Waals surface area contributed by atoms with Crippen LogP contribution in [0.4, 0.5) is 11.4 Å². The number of hydrogen-bond donors (Lipinski definition) is 0. The maximum atomic E-state index is 11.8. The van der Waals surface area contributed by atoms with Gasteiger partial charge in [-0.3, -0.25) is 20.2 Å². The molecule has 0 bridgehead atoms. The molecule has 112 valence electrons. The molecule has 0 aliphatic rings. The predicted octanol–water partition coefficient (Wildman–Crippen LogP) is 3.62. The van der Waals surface area contributed by atoms with Crippen molar-refractivity contribution in [2.45, 2.75) is 0 Å². The third-order valence-electron chi connectivity index (χ3n) is 2.47. The molecule has 0 amide bonds. The van der Waals surface area contributed by atoms with Crippen molar-refractivity contribution in [3.05, 3.63) is 68.8 Å². The van der Waals surface area contributed by atoms with Gasteiger partial charge in [-0.05, 0) is 12.1 Å². The monoisotopic (exact) mass is 323 g/mol. The Morgan fingerprint density at radius 1 is 0.773 bits per heavy atom. The maximum absolute atomic E-state index is 11.8. The van der Waals surface area contributed by atoms with Crippen LogP contribution < -0.4 is 9.05 Å². The minimum Gasteiger partial charge on any atom is -0.258 e. The Morgan fingerprint density at radius 2 is 1.14 bits per heavy atom. The Labute approximate surface area is 124 Å². The van der Waals surface area contributed by atoms with Gasteiger partial charge < -0.3 is 0 Å². The summed E-state index contributed by atoms with van der Waals surface area (Å²) < 4.78 is 21.5. The van der Waals surface area contributed by atoms with Crippen LogP contribution in [0.15, 0.2) is 48.5 Å². The number of para-hydroxylation sites is 4. The molecule has 0 fully saturated rings. The molecule has 0 aliphatic carbocycles. The van der Waals surface area contributed by atoms with Gasteiger partial charge in [-0.2, -0.15) is 0 Å². The van der Waals surface area contributed by atoms with Gasteiger partial charge in [-0.1, -0.05) is 24.3 Å². The van der Waals surface area contributed by atoms with E-state index in [4.69, 9.17) is 9.05 Å². The van der Waals surface area contributed by atoms with Crippen LogP contribution in [0.2, 0.25) is 0 Å². The van der Waals surface area contributed by atoms with E-state index in [1.807, 2.05) is 0 Å². The Hall–Kier alpha value is -3.06. The summed E-state index contributed by atoms with van der Waals surface area (Å²) in [7, 11) is -2.87. The van der Waals surface area contributed by atoms with Gasteiger partial charge in [0.25, 0.3) is 11.5 Å². The number of nitro groups is 2. The van der Waals surface area contributed by atoms with Crippen LogP contribution in [0.1, 0.15) is 0 Å². The Balaban J connectivity index is 2.18. The van der Waals surface area contributed by atoms with Gasteiger partial charge in [-0.15, -0.1) is 0 Å². The lowest BCUT2D eigenvalue weighted by atomic mass is 10.3. The van der Waals surface area contributed by atoms with Crippen molar-refractivity contribution in [1.82, 2.24) is 0 Å². The van der Waals surface area contributed by atoms with E-state index in [0.29, 0.717) is 0 Å². The predicted molar refractivity (Wildman–Crippen MR) is 75.1 cm³/mol. The molecular formula is C12H8N2O7P+. The third-order valence-corrected chi connectivity index (χ3v) is 3.16. The Kier molecular flexibility index (Phi) is 4.60. The second-order valence-corrected chi connectivity index (χ2v) is 4.67. The fourth-order valence-corrected chi connectivity index (χ4v) is 2.22. The Morgan fingerprint density at radius 3 is 1.50 bits per heavy atom. The van der Waals surface area contributed by atoms with Crippen LogP contribution in [0.3, 0.4) is 0 Å². The first-order chi connectivity index (χ1) is 10.5. The number of hydrogen-bond acceptors (Lipinski definition) is 7. The summed E-state index contributed by atoms with van der Waals surface area (Å²) in [6.45, 7) is 0. The zero-order valence-electron chi connectivity index (χ0n) is 10.8. The molecule has 0 heterocycles. The van der Waals surface area contributed by atoms with Crippen molar-refractivity contribution >= 4 is 19.6 Å². The third kappa shape index (κ3) is 3.53. The molecule has 0 N–H and O–H groups in total. The molecule has 9 nitrogen and oxygen atoms in total. The molecule has 2 aromatic carbocycles. The second kappa shape index (κ2) is 6.59. The van der Waals surface area contributed by atoms with E-state index in [1.165, 1.54) is 48.5 Å². The van der Waals surface area contributed by atoms with Gasteiger partial charge in [0.15, 0.2) is 0 Å². The van der Waals surface area contributed by atoms with E-state index >= 15 is 0 Å². The number of nitrogens with zero attached hydrogens (tertiary/aromatic N) is 2. The van der Waals surface area contributed by atoms with Gasteiger partial charge in [0.1, 0.15) is 0 Å². The highest BCUT2D eigenvalue weighted by molar-refractivity contribution is 7.34. The first-order valence-corrected chi connectivity index (χ1v) is 6.88. The highest BCUT2D eigenvalue weighted by Crippen LogP contribution is 2.38. The van der Waals surface area contributed by atoms with Gasteiger partial charge >= 0.3 is 19.6 Å². The minimum absolute atomic E-state index is 0.257. The molecule has 10 heteroatoms. The highest BCUT2D eigenvalue weighted by Gasteiger charge is 2.32. The summed E-state index contributed by atoms with van der Waals surface area (Å²) in [4.78, 5) is 20.2. The molecule has 0 aliphatic heterocycles. The van der Waals surface area contributed by atoms with E-state index in [-0.39, 0.29) is 11.5 Å². The van der Waals surface area contributed by atoms with Crippen LogP contribution in [0, 0.1) is 20.2 Å². The summed E-state index contributed by atoms with van der Waals surface area (Å²) in [5.41, 5.74) is -0.783. The lowest BCUT2D eigenvalue weighted by Gasteiger charge is -1.97. The van der Waals surface area contributed by atoms with Crippen molar-refractivity contribution in [3.8, 4) is 11.5 Å². The molecule has 0 saturated carbocycles. The smallest absolute Gasteiger partial charge is 0.258 e. The normalized spacial score (nSPS) is 9.82. The molecule has 22 heavy (non-hydrogen) atoms. The molecule has 0 saturated heterocycles. The maximum Gasteiger partial charge on any atom is 0.806 e. The summed E-state index contributed by atoms with van der Waals surface area (Å²) in [5.74, 6) is -0.514. The lowest BCUT2D eigenvalue weighted by Crippen LogP contribution is -1.96. The standard InChI is InChI=1S/C12H8N2O7P/c15-13(16)9-5-1-3-7-11(9)20-22(19)21-12-8-4-2-6-10(12)14(17)18/h1-8H/q+1. The van der Waals surface area contributed by atoms with Crippen LogP contribution in [0.25, 0.3) is 0 Å². The fraction of sp³-hybridized carbons (Fsp3) is 0. The van der Waals surface area contributed by atoms with Crippen LogP contribution in [0.5, 0.6) is 11.5 Å². The van der Waals surface area contributed by atoms with Crippen molar-refractivity contribution in [2.24, 2.45) is 0 Å². The molecule has 0 atom stereocenters. The highest BCUT2D eigenvalue weighted by atomic mass is 31.1. The van der Waals surface area contributed by atoms with Crippen molar-refractivity contribution in [3.63, 3.8) is 0 Å². The van der Waals surface area contributed by atoms with Gasteiger partial charge in [-0.25, -0.2) is 9.05 Å². The topological polar surface area (TPSA) is 122 Å². The van der Waals surface area contributed by atoms with Gasteiger partial charge in [0.05, 0.1) is 9.85 Å². The Bertz CT molecular complexity index is 688. The van der Waals surface area contributed by atoms with Crippen molar-refractivity contribution in [1.29, 1.82) is 0 Å². The zero-order chi connectivity index (χ0) is 16.1. The first-order valence-electron chi connectivity index (χ1n) is 5.79. The molecule has 2 rings (SSSR count). The largest absolute Gasteiger partial charge is 0.806 e. The van der Waals surface area contributed by atoms with Crippen molar-refractivity contribution in [2.75, 3.05) is 0 Å². The molecular weight excluding hydrogens is 315 g/mol. The lowest BCUT2D eigenvalue weighted by molar-refractivity contribution is -0.385. The quantitative estimate of drug-likeness (QED) is 0.452. The fourth-order valence-electron chi connectivity index (χ4n) is 1.55. The molecule has 0 aromatic heterocycles. The van der Waals surface area contributed by atoms with E-state index in [2.05, 4.69) is 0 Å². The molecule has 0 unspecified atom stereocenters. The van der Waals surface area contributed by atoms with E-state index < -0.39 is 29.5 Å². The summed E-state index contributed by atoms with van der Waals surface area (Å²) >= 11 is 0. The average molecular weight is 323 g/mol. The average Bonchev–Trinajstić information content (AvgIpc) is 2.47. The van der Waals surface area contributed by atoms with E-state index in [1.54, 1.807) is 0 Å². The van der Waals surface area contributed by atoms with Gasteiger partial charge in [0, 0.05) is 16.7 Å². The molecule has 0 spiro atoms. The SMILES string of the molecule is O=[N+]([O-])c1ccccc1O[P+](=O)Oc1ccccc1[N+](=O)[O-]. The zero-order valence-corrected chi connectivity index (χ0v) is 11.7. The summed E-state index contributed by atoms with van der Waals surface area (Å²) in [5, 5.41) is 21.6. The summed E-state index contributed by atoms with van der Waals surface area (Å²) in [6, 6.07) is 10.6. The molecule has 2 aromatic rings. The van der Waals surface area contributed by atoms with Crippen LogP contribution in [-0.4, -0.2) is 9.85 Å². The van der Waals surface area contributed by atoms with Crippen LogP contribution in [-0.2, 0) is 4.57 Å². The first kappa shape index (κ1) is 15.3.